The van der Waals surface area contributed by atoms with E-state index in [1.807, 2.05) is 6.92 Å². The molecule has 0 aromatic heterocycles. The van der Waals surface area contributed by atoms with Gasteiger partial charge >= 0.3 is 0 Å². The summed E-state index contributed by atoms with van der Waals surface area (Å²) < 4.78 is 13.5. The molecule has 0 heterocycles. The molecule has 5 nitrogen and oxygen atoms in total. The predicted octanol–water partition coefficient (Wildman–Crippen LogP) is 2.26. The van der Waals surface area contributed by atoms with E-state index in [9.17, 15) is 19.1 Å². The highest BCUT2D eigenvalue weighted by atomic mass is 19.1. The number of aliphatic hydroxyl groups is 1. The lowest BCUT2D eigenvalue weighted by Crippen LogP contribution is -2.30. The third-order valence-electron chi connectivity index (χ3n) is 4.15. The Hall–Kier alpha value is -1.95. The molecule has 1 fully saturated rings. The van der Waals surface area contributed by atoms with Gasteiger partial charge in [-0.25, -0.2) is 4.39 Å². The van der Waals surface area contributed by atoms with E-state index in [4.69, 9.17) is 0 Å². The maximum absolute atomic E-state index is 13.5. The van der Waals surface area contributed by atoms with Crippen molar-refractivity contribution in [2.24, 2.45) is 11.8 Å². The summed E-state index contributed by atoms with van der Waals surface area (Å²) >= 11 is 0. The Labute approximate surface area is 135 Å². The molecule has 126 valence electrons. The number of amides is 2. The number of nitrogens with zero attached hydrogens (tertiary/aromatic N) is 1. The van der Waals surface area contributed by atoms with Crippen LogP contribution in [0.2, 0.25) is 0 Å². The molecule has 0 bridgehead atoms. The zero-order chi connectivity index (χ0) is 17.1. The number of hydrogen-bond acceptors (Lipinski definition) is 3. The normalized spacial score (nSPS) is 20.7. The average Bonchev–Trinajstić information content (AvgIpc) is 3.22. The smallest absolute Gasteiger partial charge is 0.255 e. The van der Waals surface area contributed by atoms with Crippen LogP contribution in [-0.2, 0) is 4.79 Å². The van der Waals surface area contributed by atoms with Crippen LogP contribution >= 0.6 is 0 Å². The lowest BCUT2D eigenvalue weighted by Gasteiger charge is -2.20. The number of hydrogen-bond donors (Lipinski definition) is 2. The molecule has 0 saturated heterocycles. The summed E-state index contributed by atoms with van der Waals surface area (Å²) in [6, 6.07) is 3.77. The summed E-state index contributed by atoms with van der Waals surface area (Å²) in [7, 11) is 1.59. The van der Waals surface area contributed by atoms with Gasteiger partial charge in [-0.15, -0.1) is 0 Å². The van der Waals surface area contributed by atoms with Crippen LogP contribution in [0.25, 0.3) is 0 Å². The maximum Gasteiger partial charge on any atom is 0.255 e. The van der Waals surface area contributed by atoms with Crippen molar-refractivity contribution in [2.45, 2.75) is 32.8 Å². The molecule has 1 aromatic carbocycles. The molecule has 3 unspecified atom stereocenters. The zero-order valence-electron chi connectivity index (χ0n) is 13.7. The third-order valence-corrected chi connectivity index (χ3v) is 4.15. The predicted molar refractivity (Wildman–Crippen MR) is 85.6 cm³/mol. The van der Waals surface area contributed by atoms with Gasteiger partial charge in [-0.05, 0) is 43.9 Å². The Morgan fingerprint density at radius 2 is 2.13 bits per heavy atom. The SMILES string of the molecule is CC(O)CCN(C)C(=O)c1cc(F)ccc1NC(=O)C1CC1C. The van der Waals surface area contributed by atoms with Gasteiger partial charge in [0.05, 0.1) is 17.4 Å². The van der Waals surface area contributed by atoms with Crippen LogP contribution < -0.4 is 5.32 Å². The van der Waals surface area contributed by atoms with Gasteiger partial charge in [0.1, 0.15) is 5.82 Å². The van der Waals surface area contributed by atoms with Crippen molar-refractivity contribution in [3.63, 3.8) is 0 Å². The van der Waals surface area contributed by atoms with Crippen LogP contribution in [0.1, 0.15) is 37.0 Å². The molecular formula is C17H23FN2O3. The van der Waals surface area contributed by atoms with Crippen LogP contribution in [0.15, 0.2) is 18.2 Å². The van der Waals surface area contributed by atoms with Crippen LogP contribution in [0.3, 0.4) is 0 Å². The van der Waals surface area contributed by atoms with E-state index in [0.29, 0.717) is 24.6 Å². The lowest BCUT2D eigenvalue weighted by atomic mass is 10.1. The van der Waals surface area contributed by atoms with Gasteiger partial charge in [-0.3, -0.25) is 9.59 Å². The highest BCUT2D eigenvalue weighted by Crippen LogP contribution is 2.38. The number of rotatable bonds is 6. The molecule has 2 N–H and O–H groups in total. The van der Waals surface area contributed by atoms with Crippen molar-refractivity contribution in [3.05, 3.63) is 29.6 Å². The van der Waals surface area contributed by atoms with E-state index in [1.165, 1.54) is 17.0 Å². The lowest BCUT2D eigenvalue weighted by molar-refractivity contribution is -0.117. The van der Waals surface area contributed by atoms with Gasteiger partial charge in [0.25, 0.3) is 5.91 Å². The number of benzene rings is 1. The fourth-order valence-corrected chi connectivity index (χ4v) is 2.40. The summed E-state index contributed by atoms with van der Waals surface area (Å²) in [5.41, 5.74) is 0.448. The van der Waals surface area contributed by atoms with Gasteiger partial charge in [0.15, 0.2) is 0 Å². The molecule has 2 amide bonds. The summed E-state index contributed by atoms with van der Waals surface area (Å²) in [5, 5.41) is 12.0. The second-order valence-corrected chi connectivity index (χ2v) is 6.36. The number of carbonyl (C=O) groups is 2. The summed E-state index contributed by atoms with van der Waals surface area (Å²) in [4.78, 5) is 26.0. The van der Waals surface area contributed by atoms with E-state index in [0.717, 1.165) is 12.5 Å². The zero-order valence-corrected chi connectivity index (χ0v) is 13.7. The molecule has 0 spiro atoms. The summed E-state index contributed by atoms with van der Waals surface area (Å²) in [5.74, 6) is -0.733. The number of nitrogens with one attached hydrogen (secondary N) is 1. The molecular weight excluding hydrogens is 299 g/mol. The highest BCUT2D eigenvalue weighted by Gasteiger charge is 2.39. The average molecular weight is 322 g/mol. The van der Waals surface area contributed by atoms with Gasteiger partial charge < -0.3 is 15.3 Å². The van der Waals surface area contributed by atoms with Crippen LogP contribution in [0.5, 0.6) is 0 Å². The number of aliphatic hydroxyl groups excluding tert-OH is 1. The van der Waals surface area contributed by atoms with E-state index in [-0.39, 0.29) is 23.3 Å². The van der Waals surface area contributed by atoms with E-state index < -0.39 is 11.9 Å². The Morgan fingerprint density at radius 1 is 1.48 bits per heavy atom. The van der Waals surface area contributed by atoms with Crippen molar-refractivity contribution in [1.29, 1.82) is 0 Å². The minimum Gasteiger partial charge on any atom is -0.393 e. The van der Waals surface area contributed by atoms with Crippen molar-refractivity contribution in [1.82, 2.24) is 4.90 Å². The van der Waals surface area contributed by atoms with Crippen LogP contribution in [-0.4, -0.2) is 41.5 Å². The topological polar surface area (TPSA) is 69.6 Å². The molecule has 23 heavy (non-hydrogen) atoms. The molecule has 1 saturated carbocycles. The molecule has 3 atom stereocenters. The fraction of sp³-hybridized carbons (Fsp3) is 0.529. The highest BCUT2D eigenvalue weighted by molar-refractivity contribution is 6.04. The Morgan fingerprint density at radius 3 is 2.70 bits per heavy atom. The fourth-order valence-electron chi connectivity index (χ4n) is 2.40. The minimum atomic E-state index is -0.532. The Kier molecular flexibility index (Phi) is 5.36. The molecule has 0 aliphatic heterocycles. The Bertz CT molecular complexity index is 604. The van der Waals surface area contributed by atoms with E-state index in [2.05, 4.69) is 5.32 Å². The standard InChI is InChI=1S/C17H23FN2O3/c1-10-8-13(10)16(22)19-15-5-4-12(18)9-14(15)17(23)20(3)7-6-11(2)21/h4-5,9-11,13,21H,6-8H2,1-3H3,(H,19,22). The van der Waals surface area contributed by atoms with Crippen molar-refractivity contribution in [2.75, 3.05) is 18.9 Å². The second kappa shape index (κ2) is 7.08. The number of carbonyl (C=O) groups excluding carboxylic acids is 2. The van der Waals surface area contributed by atoms with Gasteiger partial charge in [0.2, 0.25) is 5.91 Å². The molecule has 1 aliphatic carbocycles. The third kappa shape index (κ3) is 4.51. The maximum atomic E-state index is 13.5. The molecule has 1 aromatic rings. The molecule has 1 aliphatic rings. The van der Waals surface area contributed by atoms with Crippen molar-refractivity contribution < 1.29 is 19.1 Å². The quantitative estimate of drug-likeness (QED) is 0.844. The molecule has 2 rings (SSSR count). The minimum absolute atomic E-state index is 0.0315. The Balaban J connectivity index is 2.14. The summed E-state index contributed by atoms with van der Waals surface area (Å²) in [6.07, 6.45) is 0.747. The van der Waals surface area contributed by atoms with Gasteiger partial charge in [-0.2, -0.15) is 0 Å². The monoisotopic (exact) mass is 322 g/mol. The van der Waals surface area contributed by atoms with Crippen molar-refractivity contribution in [3.8, 4) is 0 Å². The van der Waals surface area contributed by atoms with E-state index in [1.54, 1.807) is 14.0 Å². The van der Waals surface area contributed by atoms with E-state index >= 15 is 0 Å². The van der Waals surface area contributed by atoms with Crippen molar-refractivity contribution >= 4 is 17.5 Å². The first kappa shape index (κ1) is 17.4. The van der Waals surface area contributed by atoms with Gasteiger partial charge in [-0.1, -0.05) is 6.92 Å². The first-order valence-corrected chi connectivity index (χ1v) is 7.83. The van der Waals surface area contributed by atoms with Gasteiger partial charge in [0, 0.05) is 19.5 Å². The number of halogens is 1. The summed E-state index contributed by atoms with van der Waals surface area (Å²) in [6.45, 7) is 3.98. The largest absolute Gasteiger partial charge is 0.393 e. The first-order chi connectivity index (χ1) is 10.8. The van der Waals surface area contributed by atoms with Crippen LogP contribution in [0, 0.1) is 17.7 Å². The van der Waals surface area contributed by atoms with Crippen LogP contribution in [0.4, 0.5) is 10.1 Å². The molecule has 6 heteroatoms. The number of anilines is 1. The molecule has 0 radical (unpaired) electrons. The second-order valence-electron chi connectivity index (χ2n) is 6.36. The first-order valence-electron chi connectivity index (χ1n) is 7.83.